The molecule has 1 heterocycles. The highest BCUT2D eigenvalue weighted by Gasteiger charge is 2.39. The summed E-state index contributed by atoms with van der Waals surface area (Å²) in [7, 11) is 0. The Morgan fingerprint density at radius 1 is 1.40 bits per heavy atom. The fourth-order valence-electron chi connectivity index (χ4n) is 3.29. The number of amides is 1. The van der Waals surface area contributed by atoms with Crippen molar-refractivity contribution in [3.63, 3.8) is 0 Å². The largest absolute Gasteiger partial charge is 0.494 e. The van der Waals surface area contributed by atoms with Crippen molar-refractivity contribution in [2.45, 2.75) is 45.4 Å². The number of carbonyl (C=O) groups is 1. The topological polar surface area (TPSA) is 29.5 Å². The van der Waals surface area contributed by atoms with Crippen molar-refractivity contribution >= 4 is 5.91 Å². The predicted octanol–water partition coefficient (Wildman–Crippen LogP) is 3.38. The van der Waals surface area contributed by atoms with Gasteiger partial charge in [-0.2, -0.15) is 0 Å². The van der Waals surface area contributed by atoms with E-state index in [-0.39, 0.29) is 11.3 Å². The molecule has 2 rings (SSSR count). The molecule has 1 atom stereocenters. The minimum Gasteiger partial charge on any atom is -0.494 e. The van der Waals surface area contributed by atoms with Crippen LogP contribution in [0.2, 0.25) is 0 Å². The van der Waals surface area contributed by atoms with Crippen molar-refractivity contribution in [3.05, 3.63) is 29.8 Å². The van der Waals surface area contributed by atoms with Crippen LogP contribution in [0.25, 0.3) is 0 Å². The molecule has 110 valence electrons. The zero-order valence-electron chi connectivity index (χ0n) is 12.8. The van der Waals surface area contributed by atoms with Crippen LogP contribution in [0.1, 0.15) is 45.6 Å². The first kappa shape index (κ1) is 14.9. The van der Waals surface area contributed by atoms with Gasteiger partial charge in [0, 0.05) is 25.4 Å². The first-order chi connectivity index (χ1) is 9.61. The minimum absolute atomic E-state index is 0.105. The van der Waals surface area contributed by atoms with Gasteiger partial charge in [0.2, 0.25) is 5.91 Å². The zero-order chi connectivity index (χ0) is 14.6. The molecule has 0 spiro atoms. The molecule has 3 heteroatoms. The highest BCUT2D eigenvalue weighted by atomic mass is 16.5. The van der Waals surface area contributed by atoms with Crippen LogP contribution in [-0.4, -0.2) is 30.5 Å². The quantitative estimate of drug-likeness (QED) is 0.824. The fourth-order valence-corrected chi connectivity index (χ4v) is 3.29. The average molecular weight is 275 g/mol. The first-order valence-corrected chi connectivity index (χ1v) is 7.60. The van der Waals surface area contributed by atoms with Gasteiger partial charge >= 0.3 is 0 Å². The molecule has 1 amide bonds. The van der Waals surface area contributed by atoms with Crippen LogP contribution in [0.4, 0.5) is 0 Å². The van der Waals surface area contributed by atoms with E-state index in [1.165, 1.54) is 5.56 Å². The van der Waals surface area contributed by atoms with E-state index < -0.39 is 0 Å². The molecule has 0 saturated carbocycles. The van der Waals surface area contributed by atoms with Crippen molar-refractivity contribution in [2.75, 3.05) is 19.7 Å². The second-order valence-electron chi connectivity index (χ2n) is 5.68. The SMILES string of the molecule is CCC[C@]1(c2cccc(OCC)c2)CCN(C(C)=O)C1. The van der Waals surface area contributed by atoms with Gasteiger partial charge in [0.25, 0.3) is 0 Å². The Labute approximate surface area is 121 Å². The van der Waals surface area contributed by atoms with Gasteiger partial charge in [0.15, 0.2) is 0 Å². The third-order valence-corrected chi connectivity index (χ3v) is 4.29. The summed E-state index contributed by atoms with van der Waals surface area (Å²) in [4.78, 5) is 13.6. The van der Waals surface area contributed by atoms with Gasteiger partial charge in [-0.1, -0.05) is 25.5 Å². The molecular weight excluding hydrogens is 250 g/mol. The van der Waals surface area contributed by atoms with E-state index in [2.05, 4.69) is 25.1 Å². The lowest BCUT2D eigenvalue weighted by atomic mass is 9.76. The molecule has 0 radical (unpaired) electrons. The van der Waals surface area contributed by atoms with E-state index in [1.807, 2.05) is 17.9 Å². The van der Waals surface area contributed by atoms with Crippen LogP contribution in [0.5, 0.6) is 5.75 Å². The zero-order valence-corrected chi connectivity index (χ0v) is 12.8. The summed E-state index contributed by atoms with van der Waals surface area (Å²) in [5.74, 6) is 1.12. The van der Waals surface area contributed by atoms with Crippen LogP contribution in [0, 0.1) is 0 Å². The summed E-state index contributed by atoms with van der Waals surface area (Å²) < 4.78 is 5.62. The number of ether oxygens (including phenoxy) is 1. The van der Waals surface area contributed by atoms with E-state index in [1.54, 1.807) is 6.92 Å². The van der Waals surface area contributed by atoms with Crippen LogP contribution >= 0.6 is 0 Å². The standard InChI is InChI=1S/C17H25NO2/c1-4-9-17(10-11-18(13-17)14(3)19)15-7-6-8-16(12-15)20-5-2/h6-8,12H,4-5,9-11,13H2,1-3H3/t17-/m0/s1. The number of rotatable bonds is 5. The van der Waals surface area contributed by atoms with Gasteiger partial charge in [-0.25, -0.2) is 0 Å². The molecule has 0 N–H and O–H groups in total. The molecular formula is C17H25NO2. The van der Waals surface area contributed by atoms with Crippen molar-refractivity contribution < 1.29 is 9.53 Å². The van der Waals surface area contributed by atoms with E-state index in [0.717, 1.165) is 38.1 Å². The Kier molecular flexibility index (Phi) is 4.69. The molecule has 1 aliphatic rings. The van der Waals surface area contributed by atoms with Crippen LogP contribution in [0.15, 0.2) is 24.3 Å². The summed E-state index contributed by atoms with van der Waals surface area (Å²) in [6, 6.07) is 8.41. The van der Waals surface area contributed by atoms with E-state index in [9.17, 15) is 4.79 Å². The molecule has 0 aliphatic carbocycles. The highest BCUT2D eigenvalue weighted by Crippen LogP contribution is 2.39. The first-order valence-electron chi connectivity index (χ1n) is 7.60. The van der Waals surface area contributed by atoms with Crippen LogP contribution < -0.4 is 4.74 Å². The number of benzene rings is 1. The molecule has 3 nitrogen and oxygen atoms in total. The summed E-state index contributed by atoms with van der Waals surface area (Å²) >= 11 is 0. The molecule has 20 heavy (non-hydrogen) atoms. The predicted molar refractivity (Wildman–Crippen MR) is 81.1 cm³/mol. The van der Waals surface area contributed by atoms with Gasteiger partial charge in [0.1, 0.15) is 5.75 Å². The van der Waals surface area contributed by atoms with E-state index in [4.69, 9.17) is 4.74 Å². The van der Waals surface area contributed by atoms with Gasteiger partial charge in [-0.05, 0) is 37.5 Å². The molecule has 1 aliphatic heterocycles. The monoisotopic (exact) mass is 275 g/mol. The Bertz CT molecular complexity index is 472. The molecule has 0 aromatic heterocycles. The third-order valence-electron chi connectivity index (χ3n) is 4.29. The van der Waals surface area contributed by atoms with Gasteiger partial charge < -0.3 is 9.64 Å². The summed E-state index contributed by atoms with van der Waals surface area (Å²) in [5.41, 5.74) is 1.42. The Hall–Kier alpha value is -1.51. The van der Waals surface area contributed by atoms with Crippen molar-refractivity contribution in [1.29, 1.82) is 0 Å². The van der Waals surface area contributed by atoms with Crippen LogP contribution in [-0.2, 0) is 10.2 Å². The Morgan fingerprint density at radius 2 is 2.20 bits per heavy atom. The van der Waals surface area contributed by atoms with Crippen molar-refractivity contribution in [1.82, 2.24) is 4.90 Å². The summed E-state index contributed by atoms with van der Waals surface area (Å²) in [6.07, 6.45) is 3.30. The number of nitrogens with zero attached hydrogens (tertiary/aromatic N) is 1. The number of likely N-dealkylation sites (tertiary alicyclic amines) is 1. The molecule has 1 aromatic rings. The maximum Gasteiger partial charge on any atom is 0.219 e. The molecule has 1 saturated heterocycles. The Balaban J connectivity index is 2.29. The van der Waals surface area contributed by atoms with Gasteiger partial charge in [-0.3, -0.25) is 4.79 Å². The fraction of sp³-hybridized carbons (Fsp3) is 0.588. The second-order valence-corrected chi connectivity index (χ2v) is 5.68. The normalized spacial score (nSPS) is 22.1. The summed E-state index contributed by atoms with van der Waals surface area (Å²) in [5, 5.41) is 0. The molecule has 0 bridgehead atoms. The molecule has 0 unspecified atom stereocenters. The number of hydrogen-bond donors (Lipinski definition) is 0. The smallest absolute Gasteiger partial charge is 0.219 e. The maximum atomic E-state index is 11.6. The Morgan fingerprint density at radius 3 is 2.80 bits per heavy atom. The van der Waals surface area contributed by atoms with Gasteiger partial charge in [-0.15, -0.1) is 0 Å². The van der Waals surface area contributed by atoms with E-state index in [0.29, 0.717) is 6.61 Å². The highest BCUT2D eigenvalue weighted by molar-refractivity contribution is 5.73. The minimum atomic E-state index is 0.105. The maximum absolute atomic E-state index is 11.6. The average Bonchev–Trinajstić information content (AvgIpc) is 2.86. The van der Waals surface area contributed by atoms with Gasteiger partial charge in [0.05, 0.1) is 6.61 Å². The third kappa shape index (κ3) is 2.97. The second kappa shape index (κ2) is 6.29. The van der Waals surface area contributed by atoms with Crippen LogP contribution in [0.3, 0.4) is 0 Å². The molecule has 1 fully saturated rings. The van der Waals surface area contributed by atoms with Crippen molar-refractivity contribution in [2.24, 2.45) is 0 Å². The van der Waals surface area contributed by atoms with E-state index >= 15 is 0 Å². The summed E-state index contributed by atoms with van der Waals surface area (Å²) in [6.45, 7) is 8.27. The molecule has 1 aromatic carbocycles. The number of hydrogen-bond acceptors (Lipinski definition) is 2. The van der Waals surface area contributed by atoms with Crippen molar-refractivity contribution in [3.8, 4) is 5.75 Å². The lowest BCUT2D eigenvalue weighted by molar-refractivity contribution is -0.128. The lowest BCUT2D eigenvalue weighted by Crippen LogP contribution is -2.33. The number of carbonyl (C=O) groups excluding carboxylic acids is 1. The lowest BCUT2D eigenvalue weighted by Gasteiger charge is -2.30.